The molecule has 2 saturated heterocycles. The van der Waals surface area contributed by atoms with Gasteiger partial charge in [0.05, 0.1) is 6.04 Å². The Morgan fingerprint density at radius 1 is 1.08 bits per heavy atom. The Hall–Kier alpha value is -1.56. The molecule has 6 heteroatoms. The molecule has 0 spiro atoms. The van der Waals surface area contributed by atoms with Gasteiger partial charge in [0.15, 0.2) is 5.82 Å². The SMILES string of the molecule is C[C@H](C(=O)N1CCCCCC1)N1CCN(c2cc(C3(C)CC3)[nH]n2)CC1. The van der Waals surface area contributed by atoms with E-state index in [9.17, 15) is 4.79 Å². The van der Waals surface area contributed by atoms with E-state index in [1.165, 1.54) is 31.4 Å². The normalized spacial score (nSPS) is 25.0. The Kier molecular flexibility index (Phi) is 4.95. The number of likely N-dealkylation sites (tertiary alicyclic amines) is 1. The molecule has 1 saturated carbocycles. The molecule has 1 aromatic rings. The standard InChI is InChI=1S/C20H33N5O/c1-16(19(26)25-9-5-3-4-6-10-25)23-11-13-24(14-12-23)18-15-17(21-22-18)20(2)7-8-20/h15-16H,3-14H2,1-2H3,(H,21,22)/t16-/m1/s1. The van der Waals surface area contributed by atoms with Crippen LogP contribution in [-0.4, -0.2) is 71.2 Å². The van der Waals surface area contributed by atoms with Crippen molar-refractivity contribution in [3.63, 3.8) is 0 Å². The second kappa shape index (κ2) is 7.22. The zero-order valence-corrected chi connectivity index (χ0v) is 16.3. The number of hydrogen-bond donors (Lipinski definition) is 1. The van der Waals surface area contributed by atoms with E-state index in [4.69, 9.17) is 0 Å². The second-order valence-electron chi connectivity index (χ2n) is 8.64. The van der Waals surface area contributed by atoms with Crippen LogP contribution < -0.4 is 4.90 Å². The molecule has 1 atom stereocenters. The van der Waals surface area contributed by atoms with Crippen LogP contribution >= 0.6 is 0 Å². The summed E-state index contributed by atoms with van der Waals surface area (Å²) in [5.41, 5.74) is 1.61. The van der Waals surface area contributed by atoms with Crippen LogP contribution in [0.2, 0.25) is 0 Å². The third-order valence-corrected chi connectivity index (χ3v) is 6.68. The lowest BCUT2D eigenvalue weighted by Gasteiger charge is -2.39. The first-order chi connectivity index (χ1) is 12.6. The van der Waals surface area contributed by atoms with Crippen molar-refractivity contribution in [2.24, 2.45) is 0 Å². The van der Waals surface area contributed by atoms with Crippen molar-refractivity contribution in [1.82, 2.24) is 20.0 Å². The van der Waals surface area contributed by atoms with E-state index in [0.29, 0.717) is 11.3 Å². The lowest BCUT2D eigenvalue weighted by atomic mass is 10.1. The molecule has 6 nitrogen and oxygen atoms in total. The number of H-pyrrole nitrogens is 1. The summed E-state index contributed by atoms with van der Waals surface area (Å²) in [4.78, 5) is 19.7. The molecule has 144 valence electrons. The van der Waals surface area contributed by atoms with Gasteiger partial charge in [0.25, 0.3) is 0 Å². The van der Waals surface area contributed by atoms with Crippen LogP contribution in [0, 0.1) is 0 Å². The Bertz CT molecular complexity index is 622. The molecule has 4 rings (SSSR count). The fourth-order valence-corrected chi connectivity index (χ4v) is 4.29. The predicted molar refractivity (Wildman–Crippen MR) is 103 cm³/mol. The third kappa shape index (κ3) is 3.61. The number of carbonyl (C=O) groups excluding carboxylic acids is 1. The number of hydrogen-bond acceptors (Lipinski definition) is 4. The van der Waals surface area contributed by atoms with Gasteiger partial charge in [0.1, 0.15) is 0 Å². The van der Waals surface area contributed by atoms with Gasteiger partial charge < -0.3 is 9.80 Å². The van der Waals surface area contributed by atoms with E-state index >= 15 is 0 Å². The Balaban J connectivity index is 1.31. The van der Waals surface area contributed by atoms with Crippen LogP contribution in [0.25, 0.3) is 0 Å². The number of anilines is 1. The maximum Gasteiger partial charge on any atom is 0.239 e. The van der Waals surface area contributed by atoms with Gasteiger partial charge in [-0.2, -0.15) is 5.10 Å². The summed E-state index contributed by atoms with van der Waals surface area (Å²) in [5, 5.41) is 7.78. The van der Waals surface area contributed by atoms with Crippen LogP contribution in [0.3, 0.4) is 0 Å². The topological polar surface area (TPSA) is 55.5 Å². The summed E-state index contributed by atoms with van der Waals surface area (Å²) in [5.74, 6) is 1.39. The van der Waals surface area contributed by atoms with Crippen LogP contribution in [0.1, 0.15) is 58.1 Å². The molecule has 26 heavy (non-hydrogen) atoms. The molecule has 1 aliphatic carbocycles. The molecular formula is C20H33N5O. The summed E-state index contributed by atoms with van der Waals surface area (Å²) < 4.78 is 0. The lowest BCUT2D eigenvalue weighted by Crippen LogP contribution is -2.54. The highest BCUT2D eigenvalue weighted by atomic mass is 16.2. The molecule has 1 amide bonds. The van der Waals surface area contributed by atoms with Gasteiger partial charge in [0, 0.05) is 56.4 Å². The van der Waals surface area contributed by atoms with E-state index in [1.54, 1.807) is 0 Å². The molecule has 0 radical (unpaired) electrons. The number of aromatic nitrogens is 2. The molecule has 0 aromatic carbocycles. The fourth-order valence-electron chi connectivity index (χ4n) is 4.29. The maximum absolute atomic E-state index is 12.9. The number of rotatable bonds is 4. The third-order valence-electron chi connectivity index (χ3n) is 6.68. The highest BCUT2D eigenvalue weighted by Gasteiger charge is 2.41. The minimum Gasteiger partial charge on any atom is -0.353 e. The Labute approximate surface area is 156 Å². The van der Waals surface area contributed by atoms with Crippen LogP contribution in [-0.2, 0) is 10.2 Å². The molecule has 0 unspecified atom stereocenters. The van der Waals surface area contributed by atoms with Gasteiger partial charge >= 0.3 is 0 Å². The fraction of sp³-hybridized carbons (Fsp3) is 0.800. The smallest absolute Gasteiger partial charge is 0.239 e. The van der Waals surface area contributed by atoms with E-state index in [-0.39, 0.29) is 6.04 Å². The van der Waals surface area contributed by atoms with E-state index < -0.39 is 0 Å². The molecule has 1 aromatic heterocycles. The highest BCUT2D eigenvalue weighted by Crippen LogP contribution is 2.47. The zero-order valence-electron chi connectivity index (χ0n) is 16.3. The summed E-state index contributed by atoms with van der Waals surface area (Å²) in [7, 11) is 0. The number of aromatic amines is 1. The molecule has 2 aliphatic heterocycles. The first kappa shape index (κ1) is 17.8. The first-order valence-corrected chi connectivity index (χ1v) is 10.4. The van der Waals surface area contributed by atoms with E-state index in [1.807, 2.05) is 0 Å². The quantitative estimate of drug-likeness (QED) is 0.897. The number of amides is 1. The van der Waals surface area contributed by atoms with Crippen molar-refractivity contribution in [2.75, 3.05) is 44.2 Å². The van der Waals surface area contributed by atoms with Gasteiger partial charge in [0.2, 0.25) is 5.91 Å². The van der Waals surface area contributed by atoms with E-state index in [2.05, 4.69) is 44.8 Å². The summed E-state index contributed by atoms with van der Waals surface area (Å²) in [6.45, 7) is 10.0. The van der Waals surface area contributed by atoms with Crippen LogP contribution in [0.15, 0.2) is 6.07 Å². The monoisotopic (exact) mass is 359 g/mol. The largest absolute Gasteiger partial charge is 0.353 e. The Morgan fingerprint density at radius 3 is 2.35 bits per heavy atom. The van der Waals surface area contributed by atoms with Gasteiger partial charge in [-0.25, -0.2) is 0 Å². The molecule has 3 aliphatic rings. The van der Waals surface area contributed by atoms with Crippen molar-refractivity contribution in [3.05, 3.63) is 11.8 Å². The van der Waals surface area contributed by atoms with Crippen molar-refractivity contribution < 1.29 is 4.79 Å². The summed E-state index contributed by atoms with van der Waals surface area (Å²) >= 11 is 0. The number of nitrogens with one attached hydrogen (secondary N) is 1. The average molecular weight is 360 g/mol. The van der Waals surface area contributed by atoms with Crippen molar-refractivity contribution in [2.45, 2.75) is 63.8 Å². The van der Waals surface area contributed by atoms with Gasteiger partial charge in [-0.05, 0) is 32.6 Å². The zero-order chi connectivity index (χ0) is 18.1. The second-order valence-corrected chi connectivity index (χ2v) is 8.64. The van der Waals surface area contributed by atoms with E-state index in [0.717, 1.165) is 57.9 Å². The van der Waals surface area contributed by atoms with Crippen molar-refractivity contribution >= 4 is 11.7 Å². The highest BCUT2D eigenvalue weighted by molar-refractivity contribution is 5.81. The lowest BCUT2D eigenvalue weighted by molar-refractivity contribution is -0.136. The number of carbonyl (C=O) groups is 1. The van der Waals surface area contributed by atoms with Crippen LogP contribution in [0.4, 0.5) is 5.82 Å². The van der Waals surface area contributed by atoms with Crippen LogP contribution in [0.5, 0.6) is 0 Å². The van der Waals surface area contributed by atoms with Crippen molar-refractivity contribution in [1.29, 1.82) is 0 Å². The maximum atomic E-state index is 12.9. The molecule has 0 bridgehead atoms. The Morgan fingerprint density at radius 2 is 1.73 bits per heavy atom. The molecular weight excluding hydrogens is 326 g/mol. The predicted octanol–water partition coefficient (Wildman–Crippen LogP) is 2.37. The summed E-state index contributed by atoms with van der Waals surface area (Å²) in [6.07, 6.45) is 7.37. The van der Waals surface area contributed by atoms with Gasteiger partial charge in [-0.15, -0.1) is 0 Å². The van der Waals surface area contributed by atoms with Gasteiger partial charge in [-0.3, -0.25) is 14.8 Å². The minimum atomic E-state index is -0.00429. The number of piperazine rings is 1. The molecule has 3 fully saturated rings. The molecule has 3 heterocycles. The van der Waals surface area contributed by atoms with Crippen molar-refractivity contribution in [3.8, 4) is 0 Å². The first-order valence-electron chi connectivity index (χ1n) is 10.4. The van der Waals surface area contributed by atoms with Gasteiger partial charge in [-0.1, -0.05) is 19.8 Å². The average Bonchev–Trinajstić information content (AvgIpc) is 3.32. The minimum absolute atomic E-state index is 0.00429. The number of nitrogens with zero attached hydrogens (tertiary/aromatic N) is 4. The molecule has 1 N–H and O–H groups in total. The summed E-state index contributed by atoms with van der Waals surface area (Å²) in [6, 6.07) is 2.23.